The number of thiophene rings is 1. The fourth-order valence-corrected chi connectivity index (χ4v) is 3.96. The van der Waals surface area contributed by atoms with E-state index in [9.17, 15) is 4.79 Å². The van der Waals surface area contributed by atoms with Gasteiger partial charge in [0.05, 0.1) is 17.6 Å². The molecule has 0 fully saturated rings. The Morgan fingerprint density at radius 1 is 1.50 bits per heavy atom. The fourth-order valence-electron chi connectivity index (χ4n) is 1.60. The van der Waals surface area contributed by atoms with Crippen LogP contribution in [0.4, 0.5) is 0 Å². The third-order valence-electron chi connectivity index (χ3n) is 2.59. The van der Waals surface area contributed by atoms with Gasteiger partial charge in [0.1, 0.15) is 0 Å². The molecule has 18 heavy (non-hydrogen) atoms. The van der Waals surface area contributed by atoms with Crippen LogP contribution >= 0.6 is 23.1 Å². The molecule has 2 unspecified atom stereocenters. The number of aryl methyl sites for hydroxylation is 1. The molecule has 0 aliphatic carbocycles. The Bertz CT molecular complexity index is 379. The fraction of sp³-hybridized carbons (Fsp3) is 0.615. The summed E-state index contributed by atoms with van der Waals surface area (Å²) < 4.78 is 4.95. The first-order valence-corrected chi connectivity index (χ1v) is 8.04. The van der Waals surface area contributed by atoms with Crippen molar-refractivity contribution >= 4 is 29.1 Å². The average Bonchev–Trinajstić information content (AvgIpc) is 2.76. The molecule has 3 nitrogen and oxygen atoms in total. The molecule has 102 valence electrons. The zero-order valence-electron chi connectivity index (χ0n) is 11.1. The standard InChI is InChI=1S/C13H21NO2S2/c1-4-10(14)13(11-7-6-9(3)18-11)17-8-12(15)16-5-2/h6-7,10,13H,4-5,8,14H2,1-3H3. The first-order valence-electron chi connectivity index (χ1n) is 6.17. The number of rotatable bonds is 7. The molecule has 5 heteroatoms. The maximum atomic E-state index is 11.4. The van der Waals surface area contributed by atoms with Crippen molar-refractivity contribution in [2.24, 2.45) is 5.73 Å². The maximum Gasteiger partial charge on any atom is 0.315 e. The average molecular weight is 287 g/mol. The predicted molar refractivity (Wildman–Crippen MR) is 79.2 cm³/mol. The van der Waals surface area contributed by atoms with Crippen molar-refractivity contribution in [3.05, 3.63) is 21.9 Å². The number of ether oxygens (including phenoxy) is 1. The number of nitrogens with two attached hydrogens (primary N) is 1. The van der Waals surface area contributed by atoms with Crippen LogP contribution in [0.25, 0.3) is 0 Å². The Morgan fingerprint density at radius 3 is 2.72 bits per heavy atom. The summed E-state index contributed by atoms with van der Waals surface area (Å²) in [6.45, 7) is 6.41. The van der Waals surface area contributed by atoms with E-state index in [0.29, 0.717) is 12.4 Å². The second kappa shape index (κ2) is 7.81. The Morgan fingerprint density at radius 2 is 2.22 bits per heavy atom. The first-order chi connectivity index (χ1) is 8.58. The van der Waals surface area contributed by atoms with Gasteiger partial charge in [0, 0.05) is 15.8 Å². The Kier molecular flexibility index (Phi) is 6.75. The molecule has 0 spiro atoms. The van der Waals surface area contributed by atoms with E-state index in [1.807, 2.05) is 6.92 Å². The van der Waals surface area contributed by atoms with Crippen molar-refractivity contribution in [1.29, 1.82) is 0 Å². The van der Waals surface area contributed by atoms with Gasteiger partial charge in [-0.05, 0) is 32.4 Å². The molecular formula is C13H21NO2S2. The third kappa shape index (κ3) is 4.63. The monoisotopic (exact) mass is 287 g/mol. The molecule has 0 amide bonds. The van der Waals surface area contributed by atoms with Gasteiger partial charge in [-0.15, -0.1) is 23.1 Å². The van der Waals surface area contributed by atoms with Crippen molar-refractivity contribution in [1.82, 2.24) is 0 Å². The van der Waals surface area contributed by atoms with Gasteiger partial charge < -0.3 is 10.5 Å². The first kappa shape index (κ1) is 15.5. The van der Waals surface area contributed by atoms with Crippen LogP contribution in [0.5, 0.6) is 0 Å². The van der Waals surface area contributed by atoms with Gasteiger partial charge in [-0.3, -0.25) is 4.79 Å². The van der Waals surface area contributed by atoms with E-state index < -0.39 is 0 Å². The van der Waals surface area contributed by atoms with Gasteiger partial charge >= 0.3 is 5.97 Å². The van der Waals surface area contributed by atoms with E-state index in [4.69, 9.17) is 10.5 Å². The molecule has 0 aromatic carbocycles. The normalized spacial score (nSPS) is 14.2. The molecule has 0 radical (unpaired) electrons. The Balaban J connectivity index is 2.65. The lowest BCUT2D eigenvalue weighted by Gasteiger charge is -2.20. The third-order valence-corrected chi connectivity index (χ3v) is 5.19. The summed E-state index contributed by atoms with van der Waals surface area (Å²) in [5, 5.41) is 0.179. The summed E-state index contributed by atoms with van der Waals surface area (Å²) in [6.07, 6.45) is 0.900. The van der Waals surface area contributed by atoms with Crippen LogP contribution in [0.1, 0.15) is 35.3 Å². The van der Waals surface area contributed by atoms with Gasteiger partial charge in [0.15, 0.2) is 0 Å². The highest BCUT2D eigenvalue weighted by Crippen LogP contribution is 2.36. The minimum Gasteiger partial charge on any atom is -0.465 e. The molecular weight excluding hydrogens is 266 g/mol. The molecule has 1 rings (SSSR count). The van der Waals surface area contributed by atoms with Crippen LogP contribution in [-0.4, -0.2) is 24.4 Å². The molecule has 0 aliphatic heterocycles. The lowest BCUT2D eigenvalue weighted by molar-refractivity contribution is -0.139. The summed E-state index contributed by atoms with van der Waals surface area (Å²) >= 11 is 3.33. The smallest absolute Gasteiger partial charge is 0.315 e. The summed E-state index contributed by atoms with van der Waals surface area (Å²) in [5.74, 6) is 0.201. The molecule has 1 aromatic heterocycles. The molecule has 0 saturated heterocycles. The lowest BCUT2D eigenvalue weighted by atomic mass is 10.1. The van der Waals surface area contributed by atoms with Crippen molar-refractivity contribution in [2.45, 2.75) is 38.5 Å². The molecule has 2 atom stereocenters. The summed E-state index contributed by atoms with van der Waals surface area (Å²) in [4.78, 5) is 13.9. The molecule has 0 saturated carbocycles. The zero-order valence-corrected chi connectivity index (χ0v) is 12.8. The quantitative estimate of drug-likeness (QED) is 0.783. The van der Waals surface area contributed by atoms with E-state index in [-0.39, 0.29) is 17.3 Å². The minimum absolute atomic E-state index is 0.0717. The van der Waals surface area contributed by atoms with Gasteiger partial charge in [-0.1, -0.05) is 6.92 Å². The van der Waals surface area contributed by atoms with Gasteiger partial charge in [0.25, 0.3) is 0 Å². The highest BCUT2D eigenvalue weighted by Gasteiger charge is 2.22. The molecule has 0 aliphatic rings. The summed E-state index contributed by atoms with van der Waals surface area (Å²) in [7, 11) is 0. The maximum absolute atomic E-state index is 11.4. The van der Waals surface area contributed by atoms with Crippen LogP contribution in [0.2, 0.25) is 0 Å². The van der Waals surface area contributed by atoms with Crippen molar-refractivity contribution in [2.75, 3.05) is 12.4 Å². The second-order valence-electron chi connectivity index (χ2n) is 4.06. The summed E-state index contributed by atoms with van der Waals surface area (Å²) in [6, 6.07) is 4.28. The zero-order chi connectivity index (χ0) is 13.5. The number of esters is 1. The highest BCUT2D eigenvalue weighted by atomic mass is 32.2. The Hall–Kier alpha value is -0.520. The van der Waals surface area contributed by atoms with E-state index in [2.05, 4.69) is 26.0 Å². The van der Waals surface area contributed by atoms with E-state index in [1.165, 1.54) is 9.75 Å². The van der Waals surface area contributed by atoms with Crippen LogP contribution in [-0.2, 0) is 9.53 Å². The van der Waals surface area contributed by atoms with Crippen molar-refractivity contribution in [3.63, 3.8) is 0 Å². The number of carbonyl (C=O) groups excluding carboxylic acids is 1. The minimum atomic E-state index is -0.163. The number of thioether (sulfide) groups is 1. The summed E-state index contributed by atoms with van der Waals surface area (Å²) in [5.41, 5.74) is 6.15. The predicted octanol–water partition coefficient (Wildman–Crippen LogP) is 3.13. The van der Waals surface area contributed by atoms with Crippen molar-refractivity contribution < 1.29 is 9.53 Å². The number of hydrogen-bond acceptors (Lipinski definition) is 5. The largest absolute Gasteiger partial charge is 0.465 e. The van der Waals surface area contributed by atoms with E-state index in [1.54, 1.807) is 23.1 Å². The second-order valence-corrected chi connectivity index (χ2v) is 6.51. The van der Waals surface area contributed by atoms with Gasteiger partial charge in [0.2, 0.25) is 0 Å². The van der Waals surface area contributed by atoms with Crippen LogP contribution < -0.4 is 5.73 Å². The van der Waals surface area contributed by atoms with Crippen LogP contribution in [0, 0.1) is 6.92 Å². The van der Waals surface area contributed by atoms with E-state index >= 15 is 0 Å². The molecule has 0 bridgehead atoms. The molecule has 1 aromatic rings. The lowest BCUT2D eigenvalue weighted by Crippen LogP contribution is -2.26. The van der Waals surface area contributed by atoms with Gasteiger partial charge in [-0.2, -0.15) is 0 Å². The van der Waals surface area contributed by atoms with Gasteiger partial charge in [-0.25, -0.2) is 0 Å². The number of carbonyl (C=O) groups is 1. The van der Waals surface area contributed by atoms with Crippen molar-refractivity contribution in [3.8, 4) is 0 Å². The van der Waals surface area contributed by atoms with Crippen LogP contribution in [0.15, 0.2) is 12.1 Å². The van der Waals surface area contributed by atoms with Crippen LogP contribution in [0.3, 0.4) is 0 Å². The van der Waals surface area contributed by atoms with E-state index in [0.717, 1.165) is 6.42 Å². The highest BCUT2D eigenvalue weighted by molar-refractivity contribution is 8.00. The SMILES string of the molecule is CCOC(=O)CSC(c1ccc(C)s1)C(N)CC. The molecule has 2 N–H and O–H groups in total. The Labute approximate surface area is 117 Å². The molecule has 1 heterocycles. The number of hydrogen-bond donors (Lipinski definition) is 1. The topological polar surface area (TPSA) is 52.3 Å².